The predicted molar refractivity (Wildman–Crippen MR) is 106 cm³/mol. The van der Waals surface area contributed by atoms with E-state index in [4.69, 9.17) is 5.10 Å². The van der Waals surface area contributed by atoms with E-state index in [0.717, 1.165) is 30.9 Å². The standard InChI is InChI=1S/C22H26N4O/c1-16-21(17(2)26(24-16)20-6-4-3-5-7-20)14-25-13-19(22(27)15-25)12-18-8-10-23-11-9-18/h3-11,19,22,27H,12-15H2,1-2H3/t19-,22-/m1/s1. The second-order valence-electron chi connectivity index (χ2n) is 7.48. The number of likely N-dealkylation sites (tertiary alicyclic amines) is 1. The average Bonchev–Trinajstić information content (AvgIpc) is 3.17. The zero-order valence-electron chi connectivity index (χ0n) is 15.9. The third kappa shape index (κ3) is 3.80. The van der Waals surface area contributed by atoms with Gasteiger partial charge in [0.05, 0.1) is 17.5 Å². The summed E-state index contributed by atoms with van der Waals surface area (Å²) in [5.74, 6) is 0.261. The number of pyridine rings is 1. The van der Waals surface area contributed by atoms with Crippen molar-refractivity contribution in [2.45, 2.75) is 32.9 Å². The fraction of sp³-hybridized carbons (Fsp3) is 0.364. The lowest BCUT2D eigenvalue weighted by Gasteiger charge is -2.16. The van der Waals surface area contributed by atoms with Gasteiger partial charge in [-0.1, -0.05) is 18.2 Å². The lowest BCUT2D eigenvalue weighted by molar-refractivity contribution is 0.141. The molecule has 5 nitrogen and oxygen atoms in total. The molecule has 4 rings (SSSR count). The van der Waals surface area contributed by atoms with Crippen molar-refractivity contribution in [3.63, 3.8) is 0 Å². The number of rotatable bonds is 5. The van der Waals surface area contributed by atoms with Gasteiger partial charge in [-0.05, 0) is 50.1 Å². The molecule has 1 aromatic carbocycles. The zero-order chi connectivity index (χ0) is 18.8. The van der Waals surface area contributed by atoms with Crippen molar-refractivity contribution < 1.29 is 5.11 Å². The van der Waals surface area contributed by atoms with Gasteiger partial charge in [0.15, 0.2) is 0 Å². The minimum atomic E-state index is -0.289. The molecule has 3 aromatic rings. The second kappa shape index (κ2) is 7.62. The van der Waals surface area contributed by atoms with E-state index in [-0.39, 0.29) is 12.0 Å². The van der Waals surface area contributed by atoms with E-state index in [1.54, 1.807) is 0 Å². The first-order valence-electron chi connectivity index (χ1n) is 9.51. The maximum Gasteiger partial charge on any atom is 0.0710 e. The van der Waals surface area contributed by atoms with Gasteiger partial charge in [0.1, 0.15) is 0 Å². The fourth-order valence-corrected chi connectivity index (χ4v) is 4.04. The Bertz CT molecular complexity index is 891. The van der Waals surface area contributed by atoms with Crippen LogP contribution >= 0.6 is 0 Å². The van der Waals surface area contributed by atoms with Crippen LogP contribution in [-0.4, -0.2) is 44.0 Å². The highest BCUT2D eigenvalue weighted by Gasteiger charge is 2.32. The largest absolute Gasteiger partial charge is 0.391 e. The van der Waals surface area contributed by atoms with E-state index in [2.05, 4.69) is 35.9 Å². The van der Waals surface area contributed by atoms with Crippen molar-refractivity contribution in [3.8, 4) is 5.69 Å². The number of aliphatic hydroxyl groups excluding tert-OH is 1. The maximum atomic E-state index is 10.5. The van der Waals surface area contributed by atoms with E-state index >= 15 is 0 Å². The van der Waals surface area contributed by atoms with Crippen LogP contribution in [0.25, 0.3) is 5.69 Å². The number of hydrogen-bond donors (Lipinski definition) is 1. The molecule has 3 heterocycles. The summed E-state index contributed by atoms with van der Waals surface area (Å²) in [4.78, 5) is 6.42. The molecule has 0 radical (unpaired) electrons. The molecule has 0 saturated carbocycles. The number of nitrogens with zero attached hydrogens (tertiary/aromatic N) is 4. The van der Waals surface area contributed by atoms with Gasteiger partial charge >= 0.3 is 0 Å². The topological polar surface area (TPSA) is 54.2 Å². The van der Waals surface area contributed by atoms with Gasteiger partial charge in [0.25, 0.3) is 0 Å². The molecule has 1 aliphatic heterocycles. The number of para-hydroxylation sites is 1. The highest BCUT2D eigenvalue weighted by atomic mass is 16.3. The normalized spacial score (nSPS) is 20.3. The predicted octanol–water partition coefficient (Wildman–Crippen LogP) is 2.92. The molecule has 1 saturated heterocycles. The molecule has 1 aliphatic rings. The number of aliphatic hydroxyl groups is 1. The Balaban J connectivity index is 1.48. The summed E-state index contributed by atoms with van der Waals surface area (Å²) in [5, 5.41) is 15.3. The first-order chi connectivity index (χ1) is 13.1. The number of β-amino-alcohol motifs (C(OH)–C–C–N with tert-alkyl or cyclic N) is 1. The maximum absolute atomic E-state index is 10.5. The third-order valence-corrected chi connectivity index (χ3v) is 5.55. The first-order valence-corrected chi connectivity index (χ1v) is 9.51. The Kier molecular flexibility index (Phi) is 5.05. The van der Waals surface area contributed by atoms with Gasteiger partial charge < -0.3 is 5.11 Å². The lowest BCUT2D eigenvalue weighted by Crippen LogP contribution is -2.22. The quantitative estimate of drug-likeness (QED) is 0.758. The molecule has 2 aromatic heterocycles. The van der Waals surface area contributed by atoms with Gasteiger partial charge in [0.2, 0.25) is 0 Å². The van der Waals surface area contributed by atoms with Crippen LogP contribution in [0.4, 0.5) is 0 Å². The van der Waals surface area contributed by atoms with E-state index in [1.807, 2.05) is 47.4 Å². The second-order valence-corrected chi connectivity index (χ2v) is 7.48. The van der Waals surface area contributed by atoms with Crippen molar-refractivity contribution in [1.82, 2.24) is 19.7 Å². The van der Waals surface area contributed by atoms with Gasteiger partial charge in [0, 0.05) is 49.2 Å². The fourth-order valence-electron chi connectivity index (χ4n) is 4.04. The highest BCUT2D eigenvalue weighted by Crippen LogP contribution is 2.25. The van der Waals surface area contributed by atoms with Crippen LogP contribution in [0.3, 0.4) is 0 Å². The van der Waals surface area contributed by atoms with E-state index in [9.17, 15) is 5.11 Å². The molecule has 2 atom stereocenters. The lowest BCUT2D eigenvalue weighted by atomic mass is 9.97. The van der Waals surface area contributed by atoms with Crippen LogP contribution in [0.15, 0.2) is 54.9 Å². The van der Waals surface area contributed by atoms with Crippen LogP contribution in [0.2, 0.25) is 0 Å². The van der Waals surface area contributed by atoms with Crippen molar-refractivity contribution in [3.05, 3.63) is 77.4 Å². The van der Waals surface area contributed by atoms with Crippen LogP contribution in [-0.2, 0) is 13.0 Å². The molecule has 1 fully saturated rings. The monoisotopic (exact) mass is 362 g/mol. The molecule has 1 N–H and O–H groups in total. The van der Waals surface area contributed by atoms with Gasteiger partial charge in [-0.3, -0.25) is 9.88 Å². The summed E-state index contributed by atoms with van der Waals surface area (Å²) in [6, 6.07) is 14.3. The summed E-state index contributed by atoms with van der Waals surface area (Å²) in [5.41, 5.74) is 5.81. The molecule has 140 valence electrons. The molecule has 0 spiro atoms. The molecule has 27 heavy (non-hydrogen) atoms. The molecule has 0 unspecified atom stereocenters. The Morgan fingerprint density at radius 2 is 1.78 bits per heavy atom. The Labute approximate surface area is 160 Å². The Morgan fingerprint density at radius 3 is 2.52 bits per heavy atom. The minimum absolute atomic E-state index is 0.261. The molecular weight excluding hydrogens is 336 g/mol. The van der Waals surface area contributed by atoms with Gasteiger partial charge in [-0.15, -0.1) is 0 Å². The molecule has 0 amide bonds. The number of benzene rings is 1. The van der Waals surface area contributed by atoms with Crippen molar-refractivity contribution >= 4 is 0 Å². The number of aryl methyl sites for hydroxylation is 1. The van der Waals surface area contributed by atoms with Crippen molar-refractivity contribution in [2.75, 3.05) is 13.1 Å². The highest BCUT2D eigenvalue weighted by molar-refractivity contribution is 5.37. The number of hydrogen-bond acceptors (Lipinski definition) is 4. The minimum Gasteiger partial charge on any atom is -0.391 e. The summed E-state index contributed by atoms with van der Waals surface area (Å²) in [6.45, 7) is 6.64. The summed E-state index contributed by atoms with van der Waals surface area (Å²) < 4.78 is 2.02. The SMILES string of the molecule is Cc1nn(-c2ccccc2)c(C)c1CN1C[C@@H](Cc2ccncc2)[C@H](O)C1. The van der Waals surface area contributed by atoms with Crippen LogP contribution in [0.1, 0.15) is 22.5 Å². The van der Waals surface area contributed by atoms with Gasteiger partial charge in [-0.25, -0.2) is 4.68 Å². The van der Waals surface area contributed by atoms with Crippen LogP contribution in [0, 0.1) is 19.8 Å². The first kappa shape index (κ1) is 17.9. The summed E-state index contributed by atoms with van der Waals surface area (Å²) in [6.07, 6.45) is 4.24. The molecule has 0 aliphatic carbocycles. The van der Waals surface area contributed by atoms with E-state index in [1.165, 1.54) is 16.8 Å². The Hall–Kier alpha value is -2.50. The number of aromatic nitrogens is 3. The zero-order valence-corrected chi connectivity index (χ0v) is 15.9. The smallest absolute Gasteiger partial charge is 0.0710 e. The summed E-state index contributed by atoms with van der Waals surface area (Å²) in [7, 11) is 0. The Morgan fingerprint density at radius 1 is 1.04 bits per heavy atom. The van der Waals surface area contributed by atoms with Crippen molar-refractivity contribution in [2.24, 2.45) is 5.92 Å². The average molecular weight is 362 g/mol. The third-order valence-electron chi connectivity index (χ3n) is 5.55. The summed E-state index contributed by atoms with van der Waals surface area (Å²) >= 11 is 0. The molecule has 0 bridgehead atoms. The molecular formula is C22H26N4O. The van der Waals surface area contributed by atoms with Gasteiger partial charge in [-0.2, -0.15) is 5.10 Å². The molecule has 5 heteroatoms. The van der Waals surface area contributed by atoms with Crippen LogP contribution in [0.5, 0.6) is 0 Å². The van der Waals surface area contributed by atoms with E-state index < -0.39 is 0 Å². The van der Waals surface area contributed by atoms with Crippen molar-refractivity contribution in [1.29, 1.82) is 0 Å². The van der Waals surface area contributed by atoms with E-state index in [0.29, 0.717) is 6.54 Å². The van der Waals surface area contributed by atoms with Crippen LogP contribution < -0.4 is 0 Å².